The predicted octanol–water partition coefficient (Wildman–Crippen LogP) is 3.21. The highest BCUT2D eigenvalue weighted by molar-refractivity contribution is 5.92. The Hall–Kier alpha value is -2.37. The third-order valence-electron chi connectivity index (χ3n) is 4.63. The van der Waals surface area contributed by atoms with E-state index in [1.54, 1.807) is 6.07 Å². The molecule has 0 N–H and O–H groups in total. The van der Waals surface area contributed by atoms with E-state index in [0.717, 1.165) is 31.5 Å². The first kappa shape index (κ1) is 15.2. The molecule has 2 fully saturated rings. The second kappa shape index (κ2) is 6.26. The van der Waals surface area contributed by atoms with Crippen LogP contribution in [-0.4, -0.2) is 26.8 Å². The molecule has 126 valence electrons. The number of rotatable bonds is 6. The van der Waals surface area contributed by atoms with Crippen molar-refractivity contribution in [2.45, 2.75) is 57.8 Å². The Balaban J connectivity index is 1.45. The van der Waals surface area contributed by atoms with E-state index in [1.165, 1.54) is 6.42 Å². The van der Waals surface area contributed by atoms with E-state index in [-0.39, 0.29) is 18.7 Å². The summed E-state index contributed by atoms with van der Waals surface area (Å²) in [6.07, 6.45) is 5.78. The van der Waals surface area contributed by atoms with Gasteiger partial charge in [0.05, 0.1) is 6.10 Å². The lowest BCUT2D eigenvalue weighted by atomic mass is 9.96. The predicted molar refractivity (Wildman–Crippen MR) is 86.9 cm³/mol. The van der Waals surface area contributed by atoms with Crippen molar-refractivity contribution in [1.82, 2.24) is 14.8 Å². The molecule has 6 heteroatoms. The van der Waals surface area contributed by atoms with Gasteiger partial charge in [-0.05, 0) is 51.2 Å². The minimum atomic E-state index is -0.382. The summed E-state index contributed by atoms with van der Waals surface area (Å²) in [4.78, 5) is 12.5. The van der Waals surface area contributed by atoms with Crippen LogP contribution < -0.4 is 4.74 Å². The number of nitrogens with zero attached hydrogens (tertiary/aromatic N) is 3. The minimum absolute atomic E-state index is 0.133. The molecule has 0 radical (unpaired) electrons. The average Bonchev–Trinajstić information content (AvgIpc) is 3.32. The average molecular weight is 327 g/mol. The van der Waals surface area contributed by atoms with Gasteiger partial charge in [0.2, 0.25) is 0 Å². The molecule has 4 rings (SSSR count). The quantitative estimate of drug-likeness (QED) is 0.762. The van der Waals surface area contributed by atoms with Crippen molar-refractivity contribution in [2.24, 2.45) is 0 Å². The number of aromatic nitrogens is 3. The zero-order chi connectivity index (χ0) is 16.5. The molecule has 0 amide bonds. The molecule has 1 heterocycles. The van der Waals surface area contributed by atoms with Crippen LogP contribution in [-0.2, 0) is 11.3 Å². The smallest absolute Gasteiger partial charge is 0.342 e. The number of esters is 1. The van der Waals surface area contributed by atoms with Crippen molar-refractivity contribution in [3.05, 3.63) is 41.5 Å². The van der Waals surface area contributed by atoms with E-state index in [9.17, 15) is 4.79 Å². The van der Waals surface area contributed by atoms with Crippen molar-refractivity contribution in [1.29, 1.82) is 0 Å². The number of para-hydroxylation sites is 1. The third-order valence-corrected chi connectivity index (χ3v) is 4.63. The van der Waals surface area contributed by atoms with Gasteiger partial charge in [0.15, 0.2) is 12.4 Å². The molecule has 0 atom stereocenters. The summed E-state index contributed by atoms with van der Waals surface area (Å²) < 4.78 is 13.4. The third kappa shape index (κ3) is 3.00. The molecule has 0 aliphatic heterocycles. The van der Waals surface area contributed by atoms with E-state index >= 15 is 0 Å². The second-order valence-electron chi connectivity index (χ2n) is 6.51. The number of carbonyl (C=O) groups excluding carboxylic acids is 1. The van der Waals surface area contributed by atoms with Crippen molar-refractivity contribution in [3.63, 3.8) is 0 Å². The van der Waals surface area contributed by atoms with Gasteiger partial charge in [0.25, 0.3) is 0 Å². The maximum atomic E-state index is 12.5. The Bertz CT molecular complexity index is 748. The van der Waals surface area contributed by atoms with Crippen LogP contribution >= 0.6 is 0 Å². The van der Waals surface area contributed by atoms with Gasteiger partial charge < -0.3 is 14.0 Å². The topological polar surface area (TPSA) is 66.2 Å². The molecular weight excluding hydrogens is 306 g/mol. The number of aryl methyl sites for hydroxylation is 1. The second-order valence-corrected chi connectivity index (χ2v) is 6.51. The van der Waals surface area contributed by atoms with Gasteiger partial charge in [0, 0.05) is 6.04 Å². The van der Waals surface area contributed by atoms with Crippen molar-refractivity contribution in [2.75, 3.05) is 0 Å². The lowest BCUT2D eigenvalue weighted by Crippen LogP contribution is -2.25. The van der Waals surface area contributed by atoms with Crippen LogP contribution in [0.15, 0.2) is 24.3 Å². The van der Waals surface area contributed by atoms with Crippen molar-refractivity contribution >= 4 is 5.97 Å². The number of ether oxygens (including phenoxy) is 2. The summed E-state index contributed by atoms with van der Waals surface area (Å²) in [6.45, 7) is 2.06. The number of carbonyl (C=O) groups is 1. The van der Waals surface area contributed by atoms with E-state index in [4.69, 9.17) is 9.47 Å². The van der Waals surface area contributed by atoms with Crippen LogP contribution in [0, 0.1) is 6.92 Å². The molecule has 0 unspecified atom stereocenters. The largest absolute Gasteiger partial charge is 0.490 e. The summed E-state index contributed by atoms with van der Waals surface area (Å²) in [7, 11) is 0. The normalized spacial score (nSPS) is 17.4. The van der Waals surface area contributed by atoms with Gasteiger partial charge in [-0.1, -0.05) is 12.1 Å². The van der Waals surface area contributed by atoms with Crippen LogP contribution in [0.3, 0.4) is 0 Å². The molecule has 0 spiro atoms. The summed E-state index contributed by atoms with van der Waals surface area (Å²) in [6, 6.07) is 7.72. The molecule has 0 bridgehead atoms. The molecule has 24 heavy (non-hydrogen) atoms. The van der Waals surface area contributed by atoms with Gasteiger partial charge in [0.1, 0.15) is 17.1 Å². The molecule has 2 saturated carbocycles. The molecule has 1 aromatic carbocycles. The van der Waals surface area contributed by atoms with Crippen molar-refractivity contribution < 1.29 is 14.3 Å². The molecular formula is C18H21N3O3. The maximum Gasteiger partial charge on any atom is 0.342 e. The zero-order valence-corrected chi connectivity index (χ0v) is 13.8. The fourth-order valence-corrected chi connectivity index (χ4v) is 2.93. The number of benzene rings is 1. The minimum Gasteiger partial charge on any atom is -0.490 e. The summed E-state index contributed by atoms with van der Waals surface area (Å²) in [5.41, 5.74) is 0.471. The van der Waals surface area contributed by atoms with Crippen LogP contribution in [0.2, 0.25) is 0 Å². The van der Waals surface area contributed by atoms with Gasteiger partial charge in [-0.25, -0.2) is 4.79 Å². The first-order valence-electron chi connectivity index (χ1n) is 8.55. The Morgan fingerprint density at radius 3 is 2.71 bits per heavy atom. The maximum absolute atomic E-state index is 12.5. The van der Waals surface area contributed by atoms with Crippen LogP contribution in [0.5, 0.6) is 5.75 Å². The Morgan fingerprint density at radius 2 is 2.00 bits per heavy atom. The lowest BCUT2D eigenvalue weighted by molar-refractivity contribution is 0.0444. The lowest BCUT2D eigenvalue weighted by Gasteiger charge is -2.27. The first-order chi connectivity index (χ1) is 11.7. The summed E-state index contributed by atoms with van der Waals surface area (Å²) >= 11 is 0. The standard InChI is InChI=1S/C18H21N3O3/c1-12-19-20-17(21(12)13-9-10-13)11-23-18(22)15-7-2-3-8-16(15)24-14-5-4-6-14/h2-3,7-8,13-14H,4-6,9-11H2,1H3. The fraction of sp³-hybridized carbons (Fsp3) is 0.500. The highest BCUT2D eigenvalue weighted by Gasteiger charge is 2.29. The molecule has 6 nitrogen and oxygen atoms in total. The molecule has 2 aliphatic carbocycles. The van der Waals surface area contributed by atoms with Gasteiger partial charge in [-0.15, -0.1) is 10.2 Å². The molecule has 2 aromatic rings. The number of hydrogen-bond acceptors (Lipinski definition) is 5. The highest BCUT2D eigenvalue weighted by Crippen LogP contribution is 2.36. The first-order valence-corrected chi connectivity index (χ1v) is 8.55. The zero-order valence-electron chi connectivity index (χ0n) is 13.8. The number of hydrogen-bond donors (Lipinski definition) is 0. The van der Waals surface area contributed by atoms with Gasteiger partial charge >= 0.3 is 5.97 Å². The molecule has 2 aliphatic rings. The van der Waals surface area contributed by atoms with E-state index in [2.05, 4.69) is 14.8 Å². The van der Waals surface area contributed by atoms with E-state index < -0.39 is 0 Å². The SMILES string of the molecule is Cc1nnc(COC(=O)c2ccccc2OC2CCC2)n1C1CC1. The van der Waals surface area contributed by atoms with E-state index in [1.807, 2.05) is 25.1 Å². The van der Waals surface area contributed by atoms with Gasteiger partial charge in [-0.2, -0.15) is 0 Å². The van der Waals surface area contributed by atoms with Crippen LogP contribution in [0.4, 0.5) is 0 Å². The Kier molecular flexibility index (Phi) is 3.96. The Morgan fingerprint density at radius 1 is 1.21 bits per heavy atom. The monoisotopic (exact) mass is 327 g/mol. The fourth-order valence-electron chi connectivity index (χ4n) is 2.93. The molecule has 1 aromatic heterocycles. The summed E-state index contributed by atoms with van der Waals surface area (Å²) in [5, 5.41) is 8.24. The van der Waals surface area contributed by atoms with Gasteiger partial charge in [-0.3, -0.25) is 0 Å². The van der Waals surface area contributed by atoms with Crippen LogP contribution in [0.25, 0.3) is 0 Å². The summed E-state index contributed by atoms with van der Waals surface area (Å²) in [5.74, 6) is 1.80. The van der Waals surface area contributed by atoms with Crippen LogP contribution in [0.1, 0.15) is 60.2 Å². The molecule has 0 saturated heterocycles. The Labute approximate surface area is 140 Å². The van der Waals surface area contributed by atoms with E-state index in [0.29, 0.717) is 23.2 Å². The van der Waals surface area contributed by atoms with Crippen molar-refractivity contribution in [3.8, 4) is 5.75 Å². The highest BCUT2D eigenvalue weighted by atomic mass is 16.5.